The summed E-state index contributed by atoms with van der Waals surface area (Å²) in [6.45, 7) is 0.411. The first-order valence-electron chi connectivity index (χ1n) is 8.31. The molecule has 4 rings (SSSR count). The first-order valence-corrected chi connectivity index (χ1v) is 7.81. The van der Waals surface area contributed by atoms with Crippen LogP contribution in [0, 0.1) is 0 Å². The lowest BCUT2D eigenvalue weighted by Crippen LogP contribution is -2.23. The molecular weight excluding hydrogens is 298 g/mol. The fraction of sp³-hybridized carbons (Fsp3) is 0.100. The first-order chi connectivity index (χ1) is 12.2. The van der Waals surface area contributed by atoms with E-state index in [0.29, 0.717) is 6.54 Å². The van der Waals surface area contributed by atoms with Gasteiger partial charge in [0.2, 0.25) is 0 Å². The highest BCUT2D eigenvalue weighted by Gasteiger charge is 2.12. The van der Waals surface area contributed by atoms with Gasteiger partial charge in [-0.1, -0.05) is 48.5 Å². The number of carbonyl (C=O) groups excluding carboxylic acids is 1. The maximum absolute atomic E-state index is 12.5. The minimum absolute atomic E-state index is 0.153. The molecule has 0 aliphatic heterocycles. The van der Waals surface area contributed by atoms with Gasteiger partial charge >= 0.3 is 0 Å². The smallest absolute Gasteiger partial charge is 0.270 e. The van der Waals surface area contributed by atoms with E-state index in [1.165, 1.54) is 0 Å². The van der Waals surface area contributed by atoms with Crippen LogP contribution in [0.4, 0.5) is 0 Å². The molecule has 0 fully saturated rings. The highest BCUT2D eigenvalue weighted by Crippen LogP contribution is 2.27. The molecule has 4 heteroatoms. The van der Waals surface area contributed by atoms with Crippen molar-refractivity contribution in [3.63, 3.8) is 0 Å². The van der Waals surface area contributed by atoms with Crippen LogP contribution in [0.3, 0.4) is 0 Å². The van der Waals surface area contributed by atoms with E-state index in [2.05, 4.69) is 10.3 Å². The van der Waals surface area contributed by atoms with Gasteiger partial charge in [-0.2, -0.15) is 0 Å². The number of fused-ring (bicyclic) bond motifs is 3. The van der Waals surface area contributed by atoms with Crippen molar-refractivity contribution in [2.45, 2.75) is 6.54 Å². The number of carbonyl (C=O) groups is 1. The third-order valence-corrected chi connectivity index (χ3v) is 4.22. The molecule has 0 spiro atoms. The van der Waals surface area contributed by atoms with Crippen LogP contribution in [0.2, 0.25) is 0 Å². The Bertz CT molecular complexity index is 1090. The second-order valence-electron chi connectivity index (χ2n) is 5.74. The summed E-state index contributed by atoms with van der Waals surface area (Å²) in [6, 6.07) is 17.7. The summed E-state index contributed by atoms with van der Waals surface area (Å²) in [5, 5.41) is 4.57. The molecule has 0 saturated heterocycles. The van der Waals surface area contributed by atoms with Gasteiger partial charge in [-0.3, -0.25) is 4.79 Å². The van der Waals surface area contributed by atoms with Crippen LogP contribution in [0.5, 0.6) is 0 Å². The van der Waals surface area contributed by atoms with Gasteiger partial charge in [0.1, 0.15) is 5.69 Å². The lowest BCUT2D eigenvalue weighted by Gasteiger charge is -2.05. The molecule has 4 aromatic rings. The first kappa shape index (κ1) is 13.3. The lowest BCUT2D eigenvalue weighted by atomic mass is 10.1. The van der Waals surface area contributed by atoms with Crippen LogP contribution in [0.1, 0.15) is 17.4 Å². The maximum Gasteiger partial charge on any atom is 0.270 e. The molecule has 1 N–H and O–H groups in total. The number of amides is 1. The Hall–Kier alpha value is -3.14. The van der Waals surface area contributed by atoms with Gasteiger partial charge in [0.05, 0.1) is 13.1 Å². The van der Waals surface area contributed by atoms with Crippen molar-refractivity contribution in [3.05, 3.63) is 78.1 Å². The molecule has 1 amide bonds. The third kappa shape index (κ3) is 2.42. The summed E-state index contributed by atoms with van der Waals surface area (Å²) < 4.78 is 10.5. The van der Waals surface area contributed by atoms with Gasteiger partial charge in [0.15, 0.2) is 0 Å². The van der Waals surface area contributed by atoms with E-state index in [4.69, 9.17) is 1.37 Å². The standard InChI is InChI=1S/C20H17N3O/c1-23-18-10-6-5-9-15(18)16-11-17(21-13-19(16)23)20(24)22-12-14-7-3-2-4-8-14/h2-11,13H,12H2,1H3,(H,22,24)/i11D. The van der Waals surface area contributed by atoms with Crippen molar-refractivity contribution < 1.29 is 6.17 Å². The molecule has 24 heavy (non-hydrogen) atoms. The van der Waals surface area contributed by atoms with Crippen molar-refractivity contribution in [1.29, 1.82) is 0 Å². The van der Waals surface area contributed by atoms with Crippen molar-refractivity contribution >= 4 is 27.7 Å². The summed E-state index contributed by atoms with van der Waals surface area (Å²) in [6.07, 6.45) is 1.67. The molecule has 118 valence electrons. The van der Waals surface area contributed by atoms with E-state index in [1.54, 1.807) is 6.20 Å². The number of aromatic nitrogens is 2. The van der Waals surface area contributed by atoms with Gasteiger partial charge in [0, 0.05) is 29.9 Å². The quantitative estimate of drug-likeness (QED) is 0.627. The number of aryl methyl sites for hydroxylation is 1. The molecule has 0 atom stereocenters. The van der Waals surface area contributed by atoms with E-state index >= 15 is 0 Å². The fourth-order valence-corrected chi connectivity index (χ4v) is 2.95. The van der Waals surface area contributed by atoms with Crippen LogP contribution in [0.25, 0.3) is 21.8 Å². The van der Waals surface area contributed by atoms with E-state index in [-0.39, 0.29) is 17.6 Å². The molecule has 0 aliphatic carbocycles. The normalized spacial score (nSPS) is 11.6. The van der Waals surface area contributed by atoms with Gasteiger partial charge in [0.25, 0.3) is 5.91 Å². The fourth-order valence-electron chi connectivity index (χ4n) is 2.95. The molecule has 2 heterocycles. The predicted molar refractivity (Wildman–Crippen MR) is 95.8 cm³/mol. The molecule has 0 radical (unpaired) electrons. The van der Waals surface area contributed by atoms with Crippen molar-refractivity contribution in [2.75, 3.05) is 0 Å². The number of benzene rings is 2. The maximum atomic E-state index is 12.5. The number of hydrogen-bond acceptors (Lipinski definition) is 2. The SMILES string of the molecule is [2H]c1c(C(=O)NCc2ccccc2)ncc2c1c1ccccc1n2C. The van der Waals surface area contributed by atoms with Crippen LogP contribution < -0.4 is 5.32 Å². The summed E-state index contributed by atoms with van der Waals surface area (Å²) in [5.41, 5.74) is 3.04. The zero-order valence-electron chi connectivity index (χ0n) is 14.3. The molecule has 2 aromatic heterocycles. The van der Waals surface area contributed by atoms with E-state index in [1.807, 2.05) is 66.2 Å². The molecular formula is C20H17N3O. The van der Waals surface area contributed by atoms with Crippen molar-refractivity contribution in [3.8, 4) is 0 Å². The Balaban J connectivity index is 1.74. The van der Waals surface area contributed by atoms with Crippen molar-refractivity contribution in [1.82, 2.24) is 14.9 Å². The number of nitrogens with one attached hydrogen (secondary N) is 1. The Kier molecular flexibility index (Phi) is 3.22. The molecule has 0 bridgehead atoms. The average Bonchev–Trinajstić information content (AvgIpc) is 2.94. The van der Waals surface area contributed by atoms with Gasteiger partial charge in [-0.15, -0.1) is 0 Å². The number of nitrogens with zero attached hydrogens (tertiary/aromatic N) is 2. The van der Waals surface area contributed by atoms with Gasteiger partial charge < -0.3 is 9.88 Å². The summed E-state index contributed by atoms with van der Waals surface area (Å²) in [4.78, 5) is 16.8. The van der Waals surface area contributed by atoms with Crippen LogP contribution in [0.15, 0.2) is 66.8 Å². The van der Waals surface area contributed by atoms with Gasteiger partial charge in [-0.05, 0) is 17.7 Å². The number of para-hydroxylation sites is 1. The lowest BCUT2D eigenvalue weighted by molar-refractivity contribution is 0.0946. The molecule has 2 aromatic carbocycles. The summed E-state index contributed by atoms with van der Waals surface area (Å²) >= 11 is 0. The van der Waals surface area contributed by atoms with Crippen LogP contribution >= 0.6 is 0 Å². The Morgan fingerprint density at radius 1 is 1.08 bits per heavy atom. The second-order valence-corrected chi connectivity index (χ2v) is 5.74. The highest BCUT2D eigenvalue weighted by molar-refractivity contribution is 6.09. The predicted octanol–water partition coefficient (Wildman–Crippen LogP) is 3.66. The minimum atomic E-state index is -0.330. The molecule has 0 aliphatic rings. The van der Waals surface area contributed by atoms with E-state index in [0.717, 1.165) is 27.4 Å². The molecule has 4 nitrogen and oxygen atoms in total. The highest BCUT2D eigenvalue weighted by atomic mass is 16.1. The average molecular weight is 316 g/mol. The minimum Gasteiger partial charge on any atom is -0.347 e. The number of hydrogen-bond donors (Lipinski definition) is 1. The topological polar surface area (TPSA) is 46.9 Å². The Morgan fingerprint density at radius 3 is 2.67 bits per heavy atom. The zero-order chi connectivity index (χ0) is 17.4. The van der Waals surface area contributed by atoms with E-state index < -0.39 is 0 Å². The van der Waals surface area contributed by atoms with Crippen molar-refractivity contribution in [2.24, 2.45) is 7.05 Å². The Morgan fingerprint density at radius 2 is 1.83 bits per heavy atom. The number of rotatable bonds is 3. The molecule has 0 saturated carbocycles. The van der Waals surface area contributed by atoms with E-state index in [9.17, 15) is 4.79 Å². The van der Waals surface area contributed by atoms with Crippen LogP contribution in [-0.2, 0) is 13.6 Å². The molecule has 0 unspecified atom stereocenters. The third-order valence-electron chi connectivity index (χ3n) is 4.22. The summed E-state index contributed by atoms with van der Waals surface area (Å²) in [5.74, 6) is -0.330. The number of pyridine rings is 1. The zero-order valence-corrected chi connectivity index (χ0v) is 13.3. The monoisotopic (exact) mass is 316 g/mol. The Labute approximate surface area is 141 Å². The second kappa shape index (κ2) is 5.81. The van der Waals surface area contributed by atoms with Crippen LogP contribution in [-0.4, -0.2) is 15.5 Å². The summed E-state index contributed by atoms with van der Waals surface area (Å²) in [7, 11) is 1.95. The largest absolute Gasteiger partial charge is 0.347 e. The van der Waals surface area contributed by atoms with Gasteiger partial charge in [-0.25, -0.2) is 4.98 Å².